The van der Waals surface area contributed by atoms with Gasteiger partial charge in [-0.05, 0) is 42.0 Å². The van der Waals surface area contributed by atoms with Gasteiger partial charge in [-0.3, -0.25) is 0 Å². The zero-order valence-electron chi connectivity index (χ0n) is 15.6. The second-order valence-corrected chi connectivity index (χ2v) is 7.32. The maximum Gasteiger partial charge on any atom is 0.315 e. The lowest BCUT2D eigenvalue weighted by molar-refractivity contribution is 0.111. The zero-order valence-corrected chi connectivity index (χ0v) is 15.6. The molecule has 2 aliphatic heterocycles. The van der Waals surface area contributed by atoms with E-state index in [9.17, 15) is 4.79 Å². The Labute approximate surface area is 160 Å². The van der Waals surface area contributed by atoms with Crippen LogP contribution >= 0.6 is 0 Å². The summed E-state index contributed by atoms with van der Waals surface area (Å²) in [4.78, 5) is 14.3. The molecule has 2 amide bonds. The smallest absolute Gasteiger partial charge is 0.315 e. The maximum atomic E-state index is 11.9. The van der Waals surface area contributed by atoms with Crippen molar-refractivity contribution in [2.45, 2.75) is 38.5 Å². The topological polar surface area (TPSA) is 53.6 Å². The minimum absolute atomic E-state index is 0.136. The van der Waals surface area contributed by atoms with Gasteiger partial charge in [0.2, 0.25) is 0 Å². The number of rotatable bonds is 6. The molecule has 1 saturated heterocycles. The highest BCUT2D eigenvalue weighted by atomic mass is 16.5. The van der Waals surface area contributed by atoms with Crippen LogP contribution in [-0.4, -0.2) is 31.8 Å². The number of nitrogens with zero attached hydrogens (tertiary/aromatic N) is 1. The molecule has 0 aromatic heterocycles. The molecule has 0 aliphatic carbocycles. The molecular formula is C22H27N3O2. The van der Waals surface area contributed by atoms with E-state index in [2.05, 4.69) is 64.1 Å². The first-order valence-electron chi connectivity index (χ1n) is 9.82. The Kier molecular flexibility index (Phi) is 5.58. The normalized spacial score (nSPS) is 18.4. The van der Waals surface area contributed by atoms with Crippen LogP contribution in [-0.2, 0) is 24.2 Å². The van der Waals surface area contributed by atoms with E-state index in [1.807, 2.05) is 0 Å². The van der Waals surface area contributed by atoms with E-state index >= 15 is 0 Å². The van der Waals surface area contributed by atoms with Crippen LogP contribution in [0.25, 0.3) is 0 Å². The van der Waals surface area contributed by atoms with E-state index in [1.54, 1.807) is 0 Å². The van der Waals surface area contributed by atoms with Gasteiger partial charge in [0.1, 0.15) is 0 Å². The quantitative estimate of drug-likeness (QED) is 0.826. The van der Waals surface area contributed by atoms with E-state index in [0.29, 0.717) is 13.1 Å². The van der Waals surface area contributed by atoms with E-state index in [-0.39, 0.29) is 12.1 Å². The van der Waals surface area contributed by atoms with Crippen molar-refractivity contribution >= 4 is 11.7 Å². The molecule has 0 unspecified atom stereocenters. The van der Waals surface area contributed by atoms with Crippen LogP contribution < -0.4 is 15.5 Å². The van der Waals surface area contributed by atoms with Crippen molar-refractivity contribution in [3.05, 3.63) is 65.2 Å². The fourth-order valence-electron chi connectivity index (χ4n) is 3.81. The van der Waals surface area contributed by atoms with Gasteiger partial charge >= 0.3 is 6.03 Å². The summed E-state index contributed by atoms with van der Waals surface area (Å²) < 4.78 is 5.51. The molecule has 5 heteroatoms. The predicted octanol–water partition coefficient (Wildman–Crippen LogP) is 3.23. The number of fused-ring (bicyclic) bond motifs is 1. The van der Waals surface area contributed by atoms with Gasteiger partial charge in [-0.25, -0.2) is 4.79 Å². The fraction of sp³-hybridized carbons (Fsp3) is 0.409. The molecule has 2 heterocycles. The second kappa shape index (κ2) is 8.44. The fourth-order valence-corrected chi connectivity index (χ4v) is 3.81. The molecule has 4 rings (SSSR count). The highest BCUT2D eigenvalue weighted by molar-refractivity contribution is 5.73. The molecule has 0 spiro atoms. The maximum absolute atomic E-state index is 11.9. The number of nitrogens with one attached hydrogen (secondary N) is 2. The first-order valence-corrected chi connectivity index (χ1v) is 9.82. The summed E-state index contributed by atoms with van der Waals surface area (Å²) >= 11 is 0. The van der Waals surface area contributed by atoms with Crippen molar-refractivity contribution in [3.63, 3.8) is 0 Å². The van der Waals surface area contributed by atoms with Gasteiger partial charge in [-0.1, -0.05) is 42.5 Å². The minimum atomic E-state index is -0.136. The standard InChI is InChI=1S/C22H27N3O2/c26-22(24-15-20-5-3-13-27-20)23-14-17-7-9-18(10-8-17)16-25-12-11-19-4-1-2-6-21(19)25/h1-2,4,6-10,20H,3,5,11-16H2,(H2,23,24,26)/t20-/m1/s1. The predicted molar refractivity (Wildman–Crippen MR) is 107 cm³/mol. The van der Waals surface area contributed by atoms with Crippen LogP contribution in [0.4, 0.5) is 10.5 Å². The largest absolute Gasteiger partial charge is 0.376 e. The highest BCUT2D eigenvalue weighted by Crippen LogP contribution is 2.28. The Bertz CT molecular complexity index is 769. The Balaban J connectivity index is 1.24. The number of carbonyl (C=O) groups excluding carboxylic acids is 1. The van der Waals surface area contributed by atoms with Gasteiger partial charge in [0.05, 0.1) is 6.10 Å². The molecule has 2 N–H and O–H groups in total. The Morgan fingerprint density at radius 1 is 1.07 bits per heavy atom. The lowest BCUT2D eigenvalue weighted by atomic mass is 10.1. The lowest BCUT2D eigenvalue weighted by Crippen LogP contribution is -2.39. The third kappa shape index (κ3) is 4.61. The Morgan fingerprint density at radius 3 is 2.70 bits per heavy atom. The average Bonchev–Trinajstić information content (AvgIpc) is 3.36. The van der Waals surface area contributed by atoms with Crippen molar-refractivity contribution in [3.8, 4) is 0 Å². The summed E-state index contributed by atoms with van der Waals surface area (Å²) in [7, 11) is 0. The SMILES string of the molecule is O=C(NCc1ccc(CN2CCc3ccccc32)cc1)NC[C@H]1CCCO1. The number of amides is 2. The number of urea groups is 1. The van der Waals surface area contributed by atoms with Crippen molar-refractivity contribution in [1.82, 2.24) is 10.6 Å². The summed E-state index contributed by atoms with van der Waals surface area (Å²) in [6, 6.07) is 17.0. The van der Waals surface area contributed by atoms with Crippen LogP contribution in [0.15, 0.2) is 48.5 Å². The molecule has 1 atom stereocenters. The molecule has 1 fully saturated rings. The van der Waals surface area contributed by atoms with Crippen LogP contribution in [0.2, 0.25) is 0 Å². The van der Waals surface area contributed by atoms with Crippen molar-refractivity contribution in [2.75, 3.05) is 24.6 Å². The third-order valence-corrected chi connectivity index (χ3v) is 5.35. The Morgan fingerprint density at radius 2 is 1.89 bits per heavy atom. The number of para-hydroxylation sites is 1. The van der Waals surface area contributed by atoms with E-state index < -0.39 is 0 Å². The van der Waals surface area contributed by atoms with E-state index in [0.717, 1.165) is 44.5 Å². The molecule has 27 heavy (non-hydrogen) atoms. The molecule has 0 bridgehead atoms. The molecule has 2 aromatic rings. The molecule has 0 saturated carbocycles. The summed E-state index contributed by atoms with van der Waals surface area (Å²) in [6.07, 6.45) is 3.41. The summed E-state index contributed by atoms with van der Waals surface area (Å²) in [5.74, 6) is 0. The van der Waals surface area contributed by atoms with Crippen molar-refractivity contribution in [2.24, 2.45) is 0 Å². The minimum Gasteiger partial charge on any atom is -0.376 e. The summed E-state index contributed by atoms with van der Waals surface area (Å²) in [5, 5.41) is 5.79. The third-order valence-electron chi connectivity index (χ3n) is 5.35. The van der Waals surface area contributed by atoms with Crippen LogP contribution in [0, 0.1) is 0 Å². The summed E-state index contributed by atoms with van der Waals surface area (Å²) in [5.41, 5.74) is 5.18. The van der Waals surface area contributed by atoms with Gasteiger partial charge in [0, 0.05) is 38.5 Å². The van der Waals surface area contributed by atoms with E-state index in [1.165, 1.54) is 16.8 Å². The Hall–Kier alpha value is -2.53. The number of ether oxygens (including phenoxy) is 1. The first kappa shape index (κ1) is 17.9. The molecule has 5 nitrogen and oxygen atoms in total. The van der Waals surface area contributed by atoms with Gasteiger partial charge in [-0.15, -0.1) is 0 Å². The first-order chi connectivity index (χ1) is 13.3. The average molecular weight is 365 g/mol. The van der Waals surface area contributed by atoms with Gasteiger partial charge in [0.25, 0.3) is 0 Å². The molecule has 2 aromatic carbocycles. The number of benzene rings is 2. The molecular weight excluding hydrogens is 338 g/mol. The van der Waals surface area contributed by atoms with Gasteiger partial charge < -0.3 is 20.3 Å². The number of hydrogen-bond donors (Lipinski definition) is 2. The highest BCUT2D eigenvalue weighted by Gasteiger charge is 2.18. The van der Waals surface area contributed by atoms with Crippen molar-refractivity contribution in [1.29, 1.82) is 0 Å². The number of anilines is 1. The van der Waals surface area contributed by atoms with Gasteiger partial charge in [-0.2, -0.15) is 0 Å². The molecule has 142 valence electrons. The van der Waals surface area contributed by atoms with Crippen LogP contribution in [0.3, 0.4) is 0 Å². The van der Waals surface area contributed by atoms with Crippen LogP contribution in [0.1, 0.15) is 29.5 Å². The number of hydrogen-bond acceptors (Lipinski definition) is 3. The van der Waals surface area contributed by atoms with Crippen molar-refractivity contribution < 1.29 is 9.53 Å². The zero-order chi connectivity index (χ0) is 18.5. The molecule has 0 radical (unpaired) electrons. The van der Waals surface area contributed by atoms with Crippen LogP contribution in [0.5, 0.6) is 0 Å². The molecule has 2 aliphatic rings. The lowest BCUT2D eigenvalue weighted by Gasteiger charge is -2.19. The van der Waals surface area contributed by atoms with Gasteiger partial charge in [0.15, 0.2) is 0 Å². The number of carbonyl (C=O) groups is 1. The monoisotopic (exact) mass is 365 g/mol. The van der Waals surface area contributed by atoms with E-state index in [4.69, 9.17) is 4.74 Å². The summed E-state index contributed by atoms with van der Waals surface area (Å²) in [6.45, 7) is 3.93. The second-order valence-electron chi connectivity index (χ2n) is 7.32.